The molecule has 0 aliphatic heterocycles. The zero-order valence-corrected chi connectivity index (χ0v) is 25.9. The summed E-state index contributed by atoms with van der Waals surface area (Å²) < 4.78 is 5.33. The summed E-state index contributed by atoms with van der Waals surface area (Å²) in [5.74, 6) is -3.83. The molecular formula is C31H32Cl2N6O7. The average Bonchev–Trinajstić information content (AvgIpc) is 3.02. The number of nitrogens with two attached hydrogens (primary N) is 2. The van der Waals surface area contributed by atoms with Crippen LogP contribution < -0.4 is 37.5 Å². The standard InChI is InChI=1S/C31H32Cl2N6O7/c32-21-7-4-8-22(33)28(21)31(45)46-20-11-9-19(10-12-20)13-23(34)29(43)38-16-26(41)36-17-27(42)39-24(30(44)37-15-25(35)40)14-18-5-2-1-3-6-18/h1-12,23-24H,13-17,34H2,(H2,35,40)(H,36,41)(H,37,44)(H,38,43)(H,39,42)/t23-,24-/m0/s1. The van der Waals surface area contributed by atoms with Gasteiger partial charge in [0.2, 0.25) is 29.5 Å². The molecule has 8 N–H and O–H groups in total. The minimum Gasteiger partial charge on any atom is -0.423 e. The first-order chi connectivity index (χ1) is 21.9. The van der Waals surface area contributed by atoms with Gasteiger partial charge >= 0.3 is 5.97 Å². The van der Waals surface area contributed by atoms with Crippen LogP contribution in [0.3, 0.4) is 0 Å². The largest absolute Gasteiger partial charge is 0.423 e. The number of nitrogens with one attached hydrogen (secondary N) is 4. The van der Waals surface area contributed by atoms with Crippen LogP contribution in [0.1, 0.15) is 21.5 Å². The van der Waals surface area contributed by atoms with Gasteiger partial charge in [0.25, 0.3) is 0 Å². The lowest BCUT2D eigenvalue weighted by molar-refractivity contribution is -0.130. The van der Waals surface area contributed by atoms with Gasteiger partial charge in [-0.3, -0.25) is 24.0 Å². The maximum atomic E-state index is 12.5. The van der Waals surface area contributed by atoms with Crippen molar-refractivity contribution < 1.29 is 33.5 Å². The Balaban J connectivity index is 1.43. The Bertz CT molecular complexity index is 1550. The normalized spacial score (nSPS) is 11.8. The number of amides is 5. The highest BCUT2D eigenvalue weighted by molar-refractivity contribution is 6.39. The summed E-state index contributed by atoms with van der Waals surface area (Å²) in [7, 11) is 0. The molecule has 242 valence electrons. The molecule has 0 heterocycles. The Kier molecular flexibility index (Phi) is 13.5. The van der Waals surface area contributed by atoms with Crippen molar-refractivity contribution in [2.75, 3.05) is 19.6 Å². The van der Waals surface area contributed by atoms with Crippen molar-refractivity contribution in [1.82, 2.24) is 21.3 Å². The van der Waals surface area contributed by atoms with Gasteiger partial charge in [0.05, 0.1) is 41.3 Å². The number of carbonyl (C=O) groups is 6. The summed E-state index contributed by atoms with van der Waals surface area (Å²) in [6, 6.07) is 17.7. The zero-order chi connectivity index (χ0) is 33.6. The highest BCUT2D eigenvalue weighted by atomic mass is 35.5. The number of benzene rings is 3. The lowest BCUT2D eigenvalue weighted by Crippen LogP contribution is -2.52. The van der Waals surface area contributed by atoms with Gasteiger partial charge in [-0.1, -0.05) is 71.7 Å². The van der Waals surface area contributed by atoms with Gasteiger partial charge in [0, 0.05) is 6.42 Å². The van der Waals surface area contributed by atoms with Crippen LogP contribution in [0.5, 0.6) is 5.75 Å². The summed E-state index contributed by atoms with van der Waals surface area (Å²) in [4.78, 5) is 73.2. The second-order valence-electron chi connectivity index (χ2n) is 9.93. The molecule has 46 heavy (non-hydrogen) atoms. The number of rotatable bonds is 15. The molecule has 2 atom stereocenters. The highest BCUT2D eigenvalue weighted by Gasteiger charge is 2.22. The maximum Gasteiger partial charge on any atom is 0.346 e. The van der Waals surface area contributed by atoms with Crippen molar-refractivity contribution in [2.24, 2.45) is 11.5 Å². The van der Waals surface area contributed by atoms with Crippen LogP contribution in [-0.4, -0.2) is 67.2 Å². The molecule has 0 saturated carbocycles. The second kappa shape index (κ2) is 17.5. The van der Waals surface area contributed by atoms with E-state index in [0.29, 0.717) is 5.56 Å². The molecule has 0 fully saturated rings. The Morgan fingerprint density at radius 1 is 0.674 bits per heavy atom. The molecule has 0 spiro atoms. The molecule has 3 rings (SSSR count). The predicted molar refractivity (Wildman–Crippen MR) is 170 cm³/mol. The van der Waals surface area contributed by atoms with E-state index in [-0.39, 0.29) is 34.2 Å². The Labute approximate surface area is 274 Å². The lowest BCUT2D eigenvalue weighted by atomic mass is 10.1. The SMILES string of the molecule is NC(=O)CNC(=O)[C@H](Cc1ccccc1)NC(=O)CNC(=O)CNC(=O)[C@@H](N)Cc1ccc(OC(=O)c2c(Cl)cccc2Cl)cc1. The van der Waals surface area contributed by atoms with E-state index in [1.165, 1.54) is 24.3 Å². The van der Waals surface area contributed by atoms with Crippen molar-refractivity contribution in [3.8, 4) is 5.75 Å². The molecule has 0 aliphatic carbocycles. The fourth-order valence-corrected chi connectivity index (χ4v) is 4.58. The van der Waals surface area contributed by atoms with Gasteiger partial charge in [0.15, 0.2) is 0 Å². The molecule has 0 unspecified atom stereocenters. The Morgan fingerprint density at radius 2 is 1.26 bits per heavy atom. The summed E-state index contributed by atoms with van der Waals surface area (Å²) in [6.07, 6.45) is 0.241. The first-order valence-electron chi connectivity index (χ1n) is 13.9. The first-order valence-corrected chi connectivity index (χ1v) is 14.6. The molecule has 0 aliphatic rings. The number of ether oxygens (including phenoxy) is 1. The van der Waals surface area contributed by atoms with E-state index in [9.17, 15) is 28.8 Å². The van der Waals surface area contributed by atoms with Gasteiger partial charge in [0.1, 0.15) is 11.8 Å². The monoisotopic (exact) mass is 670 g/mol. The molecule has 3 aromatic carbocycles. The topological polar surface area (TPSA) is 212 Å². The number of carbonyl (C=O) groups excluding carboxylic acids is 6. The highest BCUT2D eigenvalue weighted by Crippen LogP contribution is 2.26. The summed E-state index contributed by atoms with van der Waals surface area (Å²) in [5.41, 5.74) is 12.5. The van der Waals surface area contributed by atoms with Crippen LogP contribution in [0.25, 0.3) is 0 Å². The molecule has 0 saturated heterocycles. The van der Waals surface area contributed by atoms with E-state index < -0.39 is 67.2 Å². The maximum absolute atomic E-state index is 12.5. The number of halogens is 2. The van der Waals surface area contributed by atoms with Crippen LogP contribution in [0, 0.1) is 0 Å². The smallest absolute Gasteiger partial charge is 0.346 e. The van der Waals surface area contributed by atoms with Crippen molar-refractivity contribution >= 4 is 58.7 Å². The fraction of sp³-hybridized carbons (Fsp3) is 0.226. The lowest BCUT2D eigenvalue weighted by Gasteiger charge is -2.18. The van der Waals surface area contributed by atoms with E-state index in [1.54, 1.807) is 48.5 Å². The van der Waals surface area contributed by atoms with E-state index in [1.807, 2.05) is 0 Å². The van der Waals surface area contributed by atoms with Crippen molar-refractivity contribution in [3.63, 3.8) is 0 Å². The minimum atomic E-state index is -1.04. The number of hydrogen-bond donors (Lipinski definition) is 6. The molecule has 13 nitrogen and oxygen atoms in total. The molecule has 0 bridgehead atoms. The number of hydrogen-bond acceptors (Lipinski definition) is 8. The number of esters is 1. The molecule has 0 aromatic heterocycles. The fourth-order valence-electron chi connectivity index (χ4n) is 4.03. The Hall–Kier alpha value is -4.98. The average molecular weight is 672 g/mol. The van der Waals surface area contributed by atoms with E-state index in [4.69, 9.17) is 39.4 Å². The minimum absolute atomic E-state index is 0.0370. The molecule has 3 aromatic rings. The van der Waals surface area contributed by atoms with Crippen LogP contribution in [0.15, 0.2) is 72.8 Å². The van der Waals surface area contributed by atoms with Gasteiger partial charge in [-0.25, -0.2) is 4.79 Å². The van der Waals surface area contributed by atoms with Crippen molar-refractivity contribution in [3.05, 3.63) is 99.5 Å². The van der Waals surface area contributed by atoms with E-state index >= 15 is 0 Å². The summed E-state index contributed by atoms with van der Waals surface area (Å²) in [5, 5.41) is 9.93. The Morgan fingerprint density at radius 3 is 1.89 bits per heavy atom. The van der Waals surface area contributed by atoms with E-state index in [0.717, 1.165) is 5.56 Å². The van der Waals surface area contributed by atoms with Crippen LogP contribution in [-0.2, 0) is 36.8 Å². The van der Waals surface area contributed by atoms with Gasteiger partial charge < -0.3 is 37.5 Å². The number of primary amides is 1. The molecule has 5 amide bonds. The third-order valence-electron chi connectivity index (χ3n) is 6.33. The molecule has 15 heteroatoms. The molecule has 0 radical (unpaired) electrons. The van der Waals surface area contributed by atoms with E-state index in [2.05, 4.69) is 21.3 Å². The van der Waals surface area contributed by atoms with Crippen LogP contribution in [0.4, 0.5) is 0 Å². The summed E-state index contributed by atoms with van der Waals surface area (Å²) in [6.45, 7) is -1.33. The van der Waals surface area contributed by atoms with Gasteiger partial charge in [-0.15, -0.1) is 0 Å². The van der Waals surface area contributed by atoms with Gasteiger partial charge in [-0.05, 0) is 41.8 Å². The second-order valence-corrected chi connectivity index (χ2v) is 10.7. The third kappa shape index (κ3) is 11.5. The van der Waals surface area contributed by atoms with Crippen LogP contribution >= 0.6 is 23.2 Å². The van der Waals surface area contributed by atoms with Gasteiger partial charge in [-0.2, -0.15) is 0 Å². The zero-order valence-electron chi connectivity index (χ0n) is 24.4. The molecular weight excluding hydrogens is 639 g/mol. The predicted octanol–water partition coefficient (Wildman–Crippen LogP) is 0.644. The van der Waals surface area contributed by atoms with Crippen LogP contribution in [0.2, 0.25) is 10.0 Å². The first kappa shape index (κ1) is 35.5. The van der Waals surface area contributed by atoms with Crippen molar-refractivity contribution in [2.45, 2.75) is 24.9 Å². The summed E-state index contributed by atoms with van der Waals surface area (Å²) >= 11 is 12.1. The quantitative estimate of drug-likeness (QED) is 0.0995. The third-order valence-corrected chi connectivity index (χ3v) is 6.96. The van der Waals surface area contributed by atoms with Crippen molar-refractivity contribution in [1.29, 1.82) is 0 Å².